The van der Waals surface area contributed by atoms with Gasteiger partial charge < -0.3 is 10.2 Å². The van der Waals surface area contributed by atoms with Gasteiger partial charge in [0.1, 0.15) is 16.9 Å². The normalized spacial score (nSPS) is 12.1. The van der Waals surface area contributed by atoms with Gasteiger partial charge in [-0.05, 0) is 42.0 Å². The average molecular weight is 525 g/mol. The zero-order chi connectivity index (χ0) is 25.8. The number of alkyl halides is 3. The van der Waals surface area contributed by atoms with Crippen molar-refractivity contribution in [2.75, 3.05) is 19.4 Å². The highest BCUT2D eigenvalue weighted by atomic mass is 35.5. The Kier molecular flexibility index (Phi) is 7.81. The number of benzene rings is 2. The van der Waals surface area contributed by atoms with Crippen LogP contribution in [0.15, 0.2) is 70.0 Å². The highest BCUT2D eigenvalue weighted by molar-refractivity contribution is 7.90. The molecular weight excluding hydrogens is 505 g/mol. The van der Waals surface area contributed by atoms with E-state index in [9.17, 15) is 26.4 Å². The number of halogens is 4. The van der Waals surface area contributed by atoms with E-state index in [0.717, 1.165) is 24.5 Å². The molecular formula is C23H20ClF3N4O3S. The summed E-state index contributed by atoms with van der Waals surface area (Å²) in [6.07, 6.45) is -3.75. The standard InChI is InChI=1S/C23H20ClF3N4O3S/c1-31(2)14-28-35(33,34)20-13-16(29-22(32)12-15-6-3-4-7-18(15)24)10-11-17(20)19-8-5-9-21(30-19)23(25,26)27/h3-11,13-14H,12H2,1-2H3,(H,29,32)/b28-14+. The quantitative estimate of drug-likeness (QED) is 0.351. The molecule has 0 atom stereocenters. The largest absolute Gasteiger partial charge is 0.433 e. The first-order valence-electron chi connectivity index (χ1n) is 10.1. The molecule has 0 bridgehead atoms. The van der Waals surface area contributed by atoms with Crippen LogP contribution >= 0.6 is 11.6 Å². The van der Waals surface area contributed by atoms with Gasteiger partial charge in [0.25, 0.3) is 10.0 Å². The number of carbonyl (C=O) groups excluding carboxylic acids is 1. The lowest BCUT2D eigenvalue weighted by atomic mass is 10.1. The minimum Gasteiger partial charge on any atom is -0.368 e. The smallest absolute Gasteiger partial charge is 0.368 e. The first-order chi connectivity index (χ1) is 16.4. The molecule has 3 aromatic rings. The topological polar surface area (TPSA) is 91.7 Å². The van der Waals surface area contributed by atoms with E-state index in [1.807, 2.05) is 0 Å². The van der Waals surface area contributed by atoms with Gasteiger partial charge in [-0.15, -0.1) is 4.40 Å². The van der Waals surface area contributed by atoms with Gasteiger partial charge in [-0.2, -0.15) is 21.6 Å². The van der Waals surface area contributed by atoms with E-state index in [-0.39, 0.29) is 23.4 Å². The lowest BCUT2D eigenvalue weighted by Gasteiger charge is -2.13. The van der Waals surface area contributed by atoms with Crippen molar-refractivity contribution in [1.29, 1.82) is 0 Å². The average Bonchev–Trinajstić information content (AvgIpc) is 2.79. The van der Waals surface area contributed by atoms with Gasteiger partial charge in [-0.25, -0.2) is 4.98 Å². The molecule has 0 fully saturated rings. The Labute approximate surface area is 205 Å². The first-order valence-corrected chi connectivity index (χ1v) is 11.9. The molecule has 184 valence electrons. The summed E-state index contributed by atoms with van der Waals surface area (Å²) in [6, 6.07) is 13.7. The fraction of sp³-hybridized carbons (Fsp3) is 0.174. The summed E-state index contributed by atoms with van der Waals surface area (Å²) in [7, 11) is -1.26. The van der Waals surface area contributed by atoms with Crippen LogP contribution in [0.3, 0.4) is 0 Å². The van der Waals surface area contributed by atoms with E-state index in [1.54, 1.807) is 38.4 Å². The SMILES string of the molecule is CN(C)/C=N/S(=O)(=O)c1cc(NC(=O)Cc2ccccc2Cl)ccc1-c1cccc(C(F)(F)F)n1. The number of hydrogen-bond acceptors (Lipinski definition) is 4. The molecule has 0 aliphatic carbocycles. The second kappa shape index (κ2) is 10.4. The molecule has 0 saturated carbocycles. The Bertz CT molecular complexity index is 1380. The van der Waals surface area contributed by atoms with Crippen LogP contribution in [0, 0.1) is 0 Å². The number of aromatic nitrogens is 1. The van der Waals surface area contributed by atoms with E-state index < -0.39 is 32.7 Å². The van der Waals surface area contributed by atoms with Crippen LogP contribution in [0.2, 0.25) is 5.02 Å². The van der Waals surface area contributed by atoms with Crippen molar-refractivity contribution >= 4 is 39.6 Å². The Morgan fingerprint density at radius 2 is 1.83 bits per heavy atom. The summed E-state index contributed by atoms with van der Waals surface area (Å²) < 4.78 is 69.1. The predicted molar refractivity (Wildman–Crippen MR) is 128 cm³/mol. The number of amides is 1. The molecule has 3 rings (SSSR count). The maximum atomic E-state index is 13.2. The van der Waals surface area contributed by atoms with Crippen LogP contribution in [-0.2, 0) is 27.4 Å². The van der Waals surface area contributed by atoms with Crippen LogP contribution in [0.1, 0.15) is 11.3 Å². The number of sulfonamides is 1. The van der Waals surface area contributed by atoms with Crippen molar-refractivity contribution in [3.8, 4) is 11.3 Å². The van der Waals surface area contributed by atoms with E-state index in [4.69, 9.17) is 11.6 Å². The van der Waals surface area contributed by atoms with Crippen molar-refractivity contribution < 1.29 is 26.4 Å². The molecule has 35 heavy (non-hydrogen) atoms. The lowest BCUT2D eigenvalue weighted by molar-refractivity contribution is -0.141. The lowest BCUT2D eigenvalue weighted by Crippen LogP contribution is -2.15. The van der Waals surface area contributed by atoms with E-state index >= 15 is 0 Å². The van der Waals surface area contributed by atoms with Crippen molar-refractivity contribution in [3.63, 3.8) is 0 Å². The summed E-state index contributed by atoms with van der Waals surface area (Å²) >= 11 is 6.08. The Balaban J connectivity index is 2.04. The number of hydrogen-bond donors (Lipinski definition) is 1. The van der Waals surface area contributed by atoms with Gasteiger partial charge in [-0.1, -0.05) is 35.9 Å². The fourth-order valence-electron chi connectivity index (χ4n) is 3.00. The molecule has 1 aromatic heterocycles. The monoisotopic (exact) mass is 524 g/mol. The molecule has 1 N–H and O–H groups in total. The summed E-state index contributed by atoms with van der Waals surface area (Å²) in [5, 5.41) is 2.98. The minimum absolute atomic E-state index is 0.0720. The van der Waals surface area contributed by atoms with Gasteiger partial charge in [0.05, 0.1) is 12.1 Å². The fourth-order valence-corrected chi connectivity index (χ4v) is 4.36. The molecule has 0 spiro atoms. The third kappa shape index (κ3) is 6.80. The second-order valence-electron chi connectivity index (χ2n) is 7.59. The van der Waals surface area contributed by atoms with E-state index in [1.165, 1.54) is 23.1 Å². The van der Waals surface area contributed by atoms with E-state index in [0.29, 0.717) is 10.6 Å². The van der Waals surface area contributed by atoms with Crippen molar-refractivity contribution in [2.45, 2.75) is 17.5 Å². The van der Waals surface area contributed by atoms with Gasteiger partial charge in [0, 0.05) is 30.4 Å². The van der Waals surface area contributed by atoms with Crippen molar-refractivity contribution in [1.82, 2.24) is 9.88 Å². The molecule has 7 nitrogen and oxygen atoms in total. The number of rotatable bonds is 7. The number of nitrogens with zero attached hydrogens (tertiary/aromatic N) is 3. The molecule has 12 heteroatoms. The maximum absolute atomic E-state index is 13.2. The number of nitrogens with one attached hydrogen (secondary N) is 1. The summed E-state index contributed by atoms with van der Waals surface area (Å²) in [5.41, 5.74) is -0.813. The van der Waals surface area contributed by atoms with Crippen LogP contribution in [0.25, 0.3) is 11.3 Å². The molecule has 0 radical (unpaired) electrons. The molecule has 1 heterocycles. The molecule has 0 aliphatic rings. The van der Waals surface area contributed by atoms with Crippen LogP contribution in [0.4, 0.5) is 18.9 Å². The predicted octanol–water partition coefficient (Wildman–Crippen LogP) is 4.88. The van der Waals surface area contributed by atoms with Gasteiger partial charge in [0.15, 0.2) is 0 Å². The number of carbonyl (C=O) groups is 1. The third-order valence-corrected chi connectivity index (χ3v) is 6.22. The summed E-state index contributed by atoms with van der Waals surface area (Å²) in [4.78, 5) is 17.1. The van der Waals surface area contributed by atoms with Crippen LogP contribution in [-0.4, -0.2) is 44.6 Å². The first kappa shape index (κ1) is 26.2. The molecule has 0 aliphatic heterocycles. The van der Waals surface area contributed by atoms with Crippen molar-refractivity contribution in [2.24, 2.45) is 4.40 Å². The molecule has 1 amide bonds. The summed E-state index contributed by atoms with van der Waals surface area (Å²) in [5.74, 6) is -0.469. The zero-order valence-electron chi connectivity index (χ0n) is 18.5. The zero-order valence-corrected chi connectivity index (χ0v) is 20.1. The number of pyridine rings is 1. The molecule has 0 unspecified atom stereocenters. The van der Waals surface area contributed by atoms with Gasteiger partial charge in [0.2, 0.25) is 5.91 Å². The van der Waals surface area contributed by atoms with E-state index in [2.05, 4.69) is 14.7 Å². The minimum atomic E-state index is -4.72. The third-order valence-electron chi connectivity index (χ3n) is 4.58. The van der Waals surface area contributed by atoms with Crippen molar-refractivity contribution in [3.05, 3.63) is 76.9 Å². The Hall–Kier alpha value is -3.44. The molecule has 2 aromatic carbocycles. The Morgan fingerprint density at radius 3 is 2.49 bits per heavy atom. The Morgan fingerprint density at radius 1 is 1.11 bits per heavy atom. The molecule has 0 saturated heterocycles. The number of anilines is 1. The maximum Gasteiger partial charge on any atom is 0.433 e. The van der Waals surface area contributed by atoms with Gasteiger partial charge in [-0.3, -0.25) is 4.79 Å². The van der Waals surface area contributed by atoms with Crippen LogP contribution in [0.5, 0.6) is 0 Å². The summed E-state index contributed by atoms with van der Waals surface area (Å²) in [6.45, 7) is 0. The van der Waals surface area contributed by atoms with Gasteiger partial charge >= 0.3 is 6.18 Å². The second-order valence-corrected chi connectivity index (χ2v) is 9.60. The highest BCUT2D eigenvalue weighted by Gasteiger charge is 2.33. The highest BCUT2D eigenvalue weighted by Crippen LogP contribution is 2.33. The van der Waals surface area contributed by atoms with Crippen LogP contribution < -0.4 is 5.32 Å².